The summed E-state index contributed by atoms with van der Waals surface area (Å²) in [5.41, 5.74) is -0.619. The highest BCUT2D eigenvalue weighted by molar-refractivity contribution is 7.95. The number of sulfone groups is 1. The van der Waals surface area contributed by atoms with Crippen LogP contribution in [0.1, 0.15) is 63.8 Å². The Labute approximate surface area is 186 Å². The van der Waals surface area contributed by atoms with Crippen molar-refractivity contribution in [1.82, 2.24) is 0 Å². The lowest BCUT2D eigenvalue weighted by molar-refractivity contribution is -0.137. The van der Waals surface area contributed by atoms with Crippen molar-refractivity contribution in [3.05, 3.63) is 63.6 Å². The number of phenols is 1. The number of nitrogens with zero attached hydrogens (tertiary/aromatic N) is 1. The summed E-state index contributed by atoms with van der Waals surface area (Å²) >= 11 is 0. The average Bonchev–Trinajstić information content (AvgIpc) is 2.64. The van der Waals surface area contributed by atoms with Crippen molar-refractivity contribution >= 4 is 15.9 Å². The van der Waals surface area contributed by atoms with Crippen molar-refractivity contribution in [1.29, 1.82) is 5.26 Å². The molecule has 0 unspecified atom stereocenters. The molecule has 0 saturated carbocycles. The molecule has 0 aromatic heterocycles. The van der Waals surface area contributed by atoms with Crippen LogP contribution in [0.3, 0.4) is 0 Å². The summed E-state index contributed by atoms with van der Waals surface area (Å²) in [6.07, 6.45) is -3.60. The molecule has 0 radical (unpaired) electrons. The summed E-state index contributed by atoms with van der Waals surface area (Å²) in [6.45, 7) is 11.3. The quantitative estimate of drug-likeness (QED) is 0.536. The van der Waals surface area contributed by atoms with Gasteiger partial charge in [0.05, 0.1) is 10.5 Å². The van der Waals surface area contributed by atoms with Gasteiger partial charge in [0.25, 0.3) is 0 Å². The minimum atomic E-state index is -4.72. The Morgan fingerprint density at radius 1 is 0.969 bits per heavy atom. The van der Waals surface area contributed by atoms with Gasteiger partial charge >= 0.3 is 6.18 Å². The molecule has 1 N–H and O–H groups in total. The predicted octanol–water partition coefficient (Wildman–Crippen LogP) is 6.34. The standard InChI is InChI=1S/C24H26F3NO3S/c1-22(2,3)19-11-15(12-20(21(19)29)23(4,5)6)10-18(14-28)32(30,31)17-9-7-8-16(13-17)24(25,26)27/h7-13,29H,1-6H3. The maximum absolute atomic E-state index is 13.0. The molecule has 4 nitrogen and oxygen atoms in total. The van der Waals surface area contributed by atoms with E-state index in [-0.39, 0.29) is 5.75 Å². The van der Waals surface area contributed by atoms with E-state index in [9.17, 15) is 32.0 Å². The summed E-state index contributed by atoms with van der Waals surface area (Å²) in [4.78, 5) is -1.31. The highest BCUT2D eigenvalue weighted by Gasteiger charge is 2.33. The molecule has 0 aliphatic carbocycles. The first kappa shape index (κ1) is 25.5. The molecule has 8 heteroatoms. The fourth-order valence-corrected chi connectivity index (χ4v) is 4.38. The summed E-state index contributed by atoms with van der Waals surface area (Å²) in [5, 5.41) is 20.4. The average molecular weight is 466 g/mol. The van der Waals surface area contributed by atoms with Crippen molar-refractivity contribution < 1.29 is 26.7 Å². The van der Waals surface area contributed by atoms with Crippen molar-refractivity contribution in [2.45, 2.75) is 63.4 Å². The van der Waals surface area contributed by atoms with E-state index in [1.54, 1.807) is 18.2 Å². The number of hydrogen-bond acceptors (Lipinski definition) is 4. The number of aromatic hydroxyl groups is 1. The normalized spacial score (nSPS) is 13.7. The molecule has 0 spiro atoms. The molecular weight excluding hydrogens is 439 g/mol. The van der Waals surface area contributed by atoms with E-state index >= 15 is 0 Å². The Morgan fingerprint density at radius 2 is 1.47 bits per heavy atom. The third-order valence-corrected chi connectivity index (χ3v) is 6.58. The summed E-state index contributed by atoms with van der Waals surface area (Å²) in [7, 11) is -4.50. The van der Waals surface area contributed by atoms with Crippen LogP contribution in [-0.2, 0) is 26.8 Å². The second-order valence-electron chi connectivity index (χ2n) is 9.61. The lowest BCUT2D eigenvalue weighted by Crippen LogP contribution is -2.17. The Morgan fingerprint density at radius 3 is 1.88 bits per heavy atom. The molecule has 0 fully saturated rings. The zero-order chi connectivity index (χ0) is 24.7. The van der Waals surface area contributed by atoms with Gasteiger partial charge in [0.2, 0.25) is 9.84 Å². The maximum atomic E-state index is 13.0. The highest BCUT2D eigenvalue weighted by atomic mass is 32.2. The molecule has 2 rings (SSSR count). The Kier molecular flexibility index (Phi) is 6.59. The monoisotopic (exact) mass is 465 g/mol. The zero-order valence-electron chi connectivity index (χ0n) is 18.8. The van der Waals surface area contributed by atoms with Gasteiger partial charge in [-0.1, -0.05) is 47.6 Å². The Bertz CT molecular complexity index is 1170. The molecular formula is C24H26F3NO3S. The number of halogens is 3. The molecule has 172 valence electrons. The predicted molar refractivity (Wildman–Crippen MR) is 118 cm³/mol. The van der Waals surface area contributed by atoms with E-state index in [0.717, 1.165) is 24.3 Å². The maximum Gasteiger partial charge on any atom is 0.416 e. The largest absolute Gasteiger partial charge is 0.507 e. The second-order valence-corrected chi connectivity index (χ2v) is 11.5. The molecule has 0 amide bonds. The van der Waals surface area contributed by atoms with Crippen LogP contribution in [0, 0.1) is 11.3 Å². The van der Waals surface area contributed by atoms with Crippen molar-refractivity contribution in [3.8, 4) is 11.8 Å². The molecule has 0 aliphatic rings. The zero-order valence-corrected chi connectivity index (χ0v) is 19.6. The molecule has 2 aromatic carbocycles. The fraction of sp³-hybridized carbons (Fsp3) is 0.375. The third-order valence-electron chi connectivity index (χ3n) is 4.92. The van der Waals surface area contributed by atoms with Gasteiger partial charge in [0, 0.05) is 11.1 Å². The van der Waals surface area contributed by atoms with Gasteiger partial charge in [-0.15, -0.1) is 0 Å². The van der Waals surface area contributed by atoms with Gasteiger partial charge in [-0.2, -0.15) is 18.4 Å². The van der Waals surface area contributed by atoms with Crippen molar-refractivity contribution in [2.75, 3.05) is 0 Å². The SMILES string of the molecule is CC(C)(C)c1cc(C=C(C#N)S(=O)(=O)c2cccc(C(F)(F)F)c2)cc(C(C)(C)C)c1O. The lowest BCUT2D eigenvalue weighted by Gasteiger charge is -2.28. The molecule has 32 heavy (non-hydrogen) atoms. The van der Waals surface area contributed by atoms with Gasteiger partial charge in [0.1, 0.15) is 16.7 Å². The summed E-state index contributed by atoms with van der Waals surface area (Å²) in [5.74, 6) is 0.0846. The lowest BCUT2D eigenvalue weighted by atomic mass is 9.78. The van der Waals surface area contributed by atoms with Gasteiger partial charge in [0.15, 0.2) is 0 Å². The van der Waals surface area contributed by atoms with Crippen LogP contribution in [0.15, 0.2) is 46.2 Å². The second kappa shape index (κ2) is 8.28. The molecule has 2 aromatic rings. The number of rotatable bonds is 3. The van der Waals surface area contributed by atoms with E-state index in [2.05, 4.69) is 0 Å². The van der Waals surface area contributed by atoms with Gasteiger partial charge in [-0.3, -0.25) is 0 Å². The first-order chi connectivity index (χ1) is 14.4. The summed E-state index contributed by atoms with van der Waals surface area (Å²) in [6, 6.07) is 8.07. The summed E-state index contributed by atoms with van der Waals surface area (Å²) < 4.78 is 65.1. The van der Waals surface area contributed by atoms with E-state index in [0.29, 0.717) is 22.8 Å². The van der Waals surface area contributed by atoms with Gasteiger partial charge in [-0.05, 0) is 52.8 Å². The molecule has 0 atom stereocenters. The van der Waals surface area contributed by atoms with E-state index < -0.39 is 42.2 Å². The molecule has 0 aliphatic heterocycles. The minimum absolute atomic E-state index is 0.0846. The first-order valence-corrected chi connectivity index (χ1v) is 11.3. The van der Waals surface area contributed by atoms with Crippen LogP contribution >= 0.6 is 0 Å². The number of phenolic OH excluding ortho intramolecular Hbond substituents is 1. The van der Waals surface area contributed by atoms with Crippen LogP contribution in [0.5, 0.6) is 5.75 Å². The fourth-order valence-electron chi connectivity index (χ4n) is 3.17. The number of alkyl halides is 3. The molecule has 0 heterocycles. The van der Waals surface area contributed by atoms with E-state index in [1.165, 1.54) is 0 Å². The smallest absolute Gasteiger partial charge is 0.416 e. The van der Waals surface area contributed by atoms with Crippen molar-refractivity contribution in [3.63, 3.8) is 0 Å². The number of benzene rings is 2. The molecule has 0 bridgehead atoms. The Hall–Kier alpha value is -2.79. The topological polar surface area (TPSA) is 78.2 Å². The van der Waals surface area contributed by atoms with E-state index in [4.69, 9.17) is 0 Å². The molecule has 0 saturated heterocycles. The first-order valence-electron chi connectivity index (χ1n) is 9.81. The Balaban J connectivity index is 2.75. The van der Waals surface area contributed by atoms with Crippen LogP contribution in [0.25, 0.3) is 6.08 Å². The van der Waals surface area contributed by atoms with Crippen molar-refractivity contribution in [2.24, 2.45) is 0 Å². The third kappa shape index (κ3) is 5.33. The van der Waals surface area contributed by atoms with Crippen LogP contribution < -0.4 is 0 Å². The number of nitriles is 1. The minimum Gasteiger partial charge on any atom is -0.507 e. The van der Waals surface area contributed by atoms with Gasteiger partial charge < -0.3 is 5.11 Å². The number of hydrogen-bond donors (Lipinski definition) is 1. The number of allylic oxidation sites excluding steroid dienone is 1. The van der Waals surface area contributed by atoms with Gasteiger partial charge in [-0.25, -0.2) is 8.42 Å². The highest BCUT2D eigenvalue weighted by Crippen LogP contribution is 2.40. The van der Waals surface area contributed by atoms with Crippen LogP contribution in [0.2, 0.25) is 0 Å². The van der Waals surface area contributed by atoms with Crippen LogP contribution in [-0.4, -0.2) is 13.5 Å². The van der Waals surface area contributed by atoms with E-state index in [1.807, 2.05) is 41.5 Å². The van der Waals surface area contributed by atoms with Crippen LogP contribution in [0.4, 0.5) is 13.2 Å².